The Kier molecular flexibility index (Phi) is 5.11. The molecule has 1 aliphatic heterocycles. The number of hydrogen-bond acceptors (Lipinski definition) is 7. The van der Waals surface area contributed by atoms with Crippen molar-refractivity contribution in [2.24, 2.45) is 0 Å². The van der Waals surface area contributed by atoms with Gasteiger partial charge >= 0.3 is 0 Å². The molecule has 0 atom stereocenters. The molecule has 1 N–H and O–H groups in total. The van der Waals surface area contributed by atoms with Crippen LogP contribution in [0.3, 0.4) is 0 Å². The van der Waals surface area contributed by atoms with Gasteiger partial charge in [0.1, 0.15) is 12.2 Å². The molecule has 9 heteroatoms. The van der Waals surface area contributed by atoms with Crippen LogP contribution in [0.5, 0.6) is 0 Å². The number of para-hydroxylation sites is 1. The van der Waals surface area contributed by atoms with Crippen molar-refractivity contribution in [2.45, 2.75) is 19.4 Å². The molecule has 4 rings (SSSR count). The highest BCUT2D eigenvalue weighted by atomic mass is 16.2. The number of amides is 1. The van der Waals surface area contributed by atoms with Gasteiger partial charge in [-0.25, -0.2) is 9.97 Å². The highest BCUT2D eigenvalue weighted by Crippen LogP contribution is 2.25. The van der Waals surface area contributed by atoms with Gasteiger partial charge in [-0.3, -0.25) is 14.2 Å². The average molecular weight is 393 g/mol. The third kappa shape index (κ3) is 3.89. The summed E-state index contributed by atoms with van der Waals surface area (Å²) in [5.41, 5.74) is 0.860. The Morgan fingerprint density at radius 1 is 1.17 bits per heavy atom. The summed E-state index contributed by atoms with van der Waals surface area (Å²) >= 11 is 0. The Labute approximate surface area is 168 Å². The Bertz CT molecular complexity index is 1100. The smallest absolute Gasteiger partial charge is 0.261 e. The standard InChI is InChI=1S/C20H23N7O2/c1-25(2)18-16(11-21-20(24-18)26-9-5-6-10-26)23-17(28)12-27-13-22-15-8-4-3-7-14(15)19(27)29/h3-4,7-8,11,13H,5-6,9-10,12H2,1-2H3,(H,23,28). The number of hydrogen-bond donors (Lipinski definition) is 1. The van der Waals surface area contributed by atoms with Gasteiger partial charge in [0.15, 0.2) is 5.82 Å². The van der Waals surface area contributed by atoms with E-state index in [1.807, 2.05) is 25.1 Å². The lowest BCUT2D eigenvalue weighted by Crippen LogP contribution is -2.29. The average Bonchev–Trinajstić information content (AvgIpc) is 3.25. The van der Waals surface area contributed by atoms with Crippen LogP contribution in [0.25, 0.3) is 10.9 Å². The fourth-order valence-corrected chi connectivity index (χ4v) is 3.43. The van der Waals surface area contributed by atoms with Crippen molar-refractivity contribution >= 4 is 34.3 Å². The molecule has 3 aromatic rings. The molecule has 1 aromatic carbocycles. The Balaban J connectivity index is 1.55. The fourth-order valence-electron chi connectivity index (χ4n) is 3.43. The van der Waals surface area contributed by atoms with Crippen molar-refractivity contribution in [2.75, 3.05) is 42.3 Å². The van der Waals surface area contributed by atoms with Crippen molar-refractivity contribution in [3.63, 3.8) is 0 Å². The largest absolute Gasteiger partial charge is 0.361 e. The summed E-state index contributed by atoms with van der Waals surface area (Å²) in [6.45, 7) is 1.74. The summed E-state index contributed by atoms with van der Waals surface area (Å²) in [4.78, 5) is 42.4. The zero-order chi connectivity index (χ0) is 20.4. The van der Waals surface area contributed by atoms with Crippen LogP contribution in [0.4, 0.5) is 17.5 Å². The lowest BCUT2D eigenvalue weighted by molar-refractivity contribution is -0.116. The number of aromatic nitrogens is 4. The topological polar surface area (TPSA) is 96.2 Å². The first-order valence-electron chi connectivity index (χ1n) is 9.56. The number of nitrogens with zero attached hydrogens (tertiary/aromatic N) is 6. The maximum Gasteiger partial charge on any atom is 0.261 e. The number of carbonyl (C=O) groups excluding carboxylic acids is 1. The van der Waals surface area contributed by atoms with E-state index in [0.717, 1.165) is 25.9 Å². The van der Waals surface area contributed by atoms with E-state index < -0.39 is 0 Å². The molecule has 0 aliphatic carbocycles. The summed E-state index contributed by atoms with van der Waals surface area (Å²) < 4.78 is 1.30. The number of benzene rings is 1. The maximum atomic E-state index is 12.6. The van der Waals surface area contributed by atoms with Crippen molar-refractivity contribution in [3.05, 3.63) is 47.1 Å². The minimum Gasteiger partial charge on any atom is -0.361 e. The molecule has 0 radical (unpaired) electrons. The first-order valence-corrected chi connectivity index (χ1v) is 9.56. The van der Waals surface area contributed by atoms with Crippen LogP contribution in [0.1, 0.15) is 12.8 Å². The molecular formula is C20H23N7O2. The monoisotopic (exact) mass is 393 g/mol. The van der Waals surface area contributed by atoms with Gasteiger partial charge in [0.25, 0.3) is 5.56 Å². The molecule has 3 heterocycles. The SMILES string of the molecule is CN(C)c1nc(N2CCCC2)ncc1NC(=O)Cn1cnc2ccccc2c1=O. The van der Waals surface area contributed by atoms with E-state index in [0.29, 0.717) is 28.4 Å². The molecule has 0 unspecified atom stereocenters. The van der Waals surface area contributed by atoms with Gasteiger partial charge in [0, 0.05) is 27.2 Å². The van der Waals surface area contributed by atoms with E-state index in [9.17, 15) is 9.59 Å². The second-order valence-corrected chi connectivity index (χ2v) is 7.24. The number of rotatable bonds is 5. The summed E-state index contributed by atoms with van der Waals surface area (Å²) in [7, 11) is 3.73. The summed E-state index contributed by atoms with van der Waals surface area (Å²) in [5.74, 6) is 0.947. The Morgan fingerprint density at radius 2 is 1.93 bits per heavy atom. The van der Waals surface area contributed by atoms with Gasteiger partial charge < -0.3 is 15.1 Å². The quantitative estimate of drug-likeness (QED) is 0.701. The van der Waals surface area contributed by atoms with Crippen molar-refractivity contribution in [1.29, 1.82) is 0 Å². The first kappa shape index (κ1) is 18.9. The summed E-state index contributed by atoms with van der Waals surface area (Å²) in [6.07, 6.45) is 5.28. The number of fused-ring (bicyclic) bond motifs is 1. The van der Waals surface area contributed by atoms with Crippen LogP contribution in [-0.4, -0.2) is 52.6 Å². The predicted octanol–water partition coefficient (Wildman–Crippen LogP) is 1.49. The molecule has 0 spiro atoms. The van der Waals surface area contributed by atoms with E-state index in [1.165, 1.54) is 10.9 Å². The van der Waals surface area contributed by atoms with Crippen LogP contribution >= 0.6 is 0 Å². The molecule has 1 saturated heterocycles. The minimum absolute atomic E-state index is 0.141. The van der Waals surface area contributed by atoms with Crippen LogP contribution in [0, 0.1) is 0 Å². The molecule has 0 bridgehead atoms. The molecule has 150 valence electrons. The van der Waals surface area contributed by atoms with Gasteiger partial charge in [-0.05, 0) is 25.0 Å². The zero-order valence-corrected chi connectivity index (χ0v) is 16.5. The van der Waals surface area contributed by atoms with Crippen molar-refractivity contribution in [3.8, 4) is 0 Å². The molecule has 1 fully saturated rings. The van der Waals surface area contributed by atoms with Crippen LogP contribution in [0.2, 0.25) is 0 Å². The van der Waals surface area contributed by atoms with E-state index in [2.05, 4.69) is 25.2 Å². The normalized spacial score (nSPS) is 13.7. The summed E-state index contributed by atoms with van der Waals surface area (Å²) in [6, 6.07) is 7.07. The predicted molar refractivity (Wildman–Crippen MR) is 112 cm³/mol. The number of carbonyl (C=O) groups is 1. The third-order valence-corrected chi connectivity index (χ3v) is 4.89. The van der Waals surface area contributed by atoms with Gasteiger partial charge in [0.05, 0.1) is 23.4 Å². The lowest BCUT2D eigenvalue weighted by atomic mass is 10.2. The Hall–Kier alpha value is -3.49. The molecule has 9 nitrogen and oxygen atoms in total. The third-order valence-electron chi connectivity index (χ3n) is 4.89. The van der Waals surface area contributed by atoms with Crippen molar-refractivity contribution in [1.82, 2.24) is 19.5 Å². The van der Waals surface area contributed by atoms with Gasteiger partial charge in [0.2, 0.25) is 11.9 Å². The maximum absolute atomic E-state index is 12.6. The minimum atomic E-state index is -0.343. The Morgan fingerprint density at radius 3 is 2.69 bits per heavy atom. The second kappa shape index (κ2) is 7.86. The van der Waals surface area contributed by atoms with Gasteiger partial charge in [-0.2, -0.15) is 4.98 Å². The number of anilines is 3. The van der Waals surface area contributed by atoms with Gasteiger partial charge in [-0.1, -0.05) is 12.1 Å². The van der Waals surface area contributed by atoms with E-state index in [4.69, 9.17) is 0 Å². The highest BCUT2D eigenvalue weighted by molar-refractivity contribution is 5.93. The van der Waals surface area contributed by atoms with Gasteiger partial charge in [-0.15, -0.1) is 0 Å². The molecule has 1 amide bonds. The number of nitrogens with one attached hydrogen (secondary N) is 1. The lowest BCUT2D eigenvalue weighted by Gasteiger charge is -2.21. The first-order chi connectivity index (χ1) is 14.0. The summed E-state index contributed by atoms with van der Waals surface area (Å²) in [5, 5.41) is 3.30. The van der Waals surface area contributed by atoms with Crippen LogP contribution in [0.15, 0.2) is 41.6 Å². The van der Waals surface area contributed by atoms with Crippen LogP contribution < -0.4 is 20.7 Å². The van der Waals surface area contributed by atoms with E-state index in [-0.39, 0.29) is 18.0 Å². The molecule has 29 heavy (non-hydrogen) atoms. The second-order valence-electron chi connectivity index (χ2n) is 7.24. The van der Waals surface area contributed by atoms with Crippen molar-refractivity contribution < 1.29 is 4.79 Å². The fraction of sp³-hybridized carbons (Fsp3) is 0.350. The molecule has 1 aliphatic rings. The zero-order valence-electron chi connectivity index (χ0n) is 16.5. The van der Waals surface area contributed by atoms with E-state index in [1.54, 1.807) is 24.4 Å². The van der Waals surface area contributed by atoms with Crippen LogP contribution in [-0.2, 0) is 11.3 Å². The molecule has 2 aromatic heterocycles. The highest BCUT2D eigenvalue weighted by Gasteiger charge is 2.19. The van der Waals surface area contributed by atoms with E-state index >= 15 is 0 Å². The molecule has 0 saturated carbocycles. The molecular weight excluding hydrogens is 370 g/mol.